The molecule has 2 amide bonds. The second-order valence-corrected chi connectivity index (χ2v) is 15.1. The minimum Gasteiger partial charge on any atom is -0.434 e. The molecular formula is C34H44ClN5O7S. The number of ketones is 1. The van der Waals surface area contributed by atoms with Crippen LogP contribution in [0.3, 0.4) is 0 Å². The highest BCUT2D eigenvalue weighted by atomic mass is 35.5. The van der Waals surface area contributed by atoms with Crippen LogP contribution in [0.15, 0.2) is 46.9 Å². The molecule has 0 bridgehead atoms. The first kappa shape index (κ1) is 35.9. The lowest BCUT2D eigenvalue weighted by Crippen LogP contribution is -2.55. The zero-order valence-electron chi connectivity index (χ0n) is 27.5. The summed E-state index contributed by atoms with van der Waals surface area (Å²) in [5.41, 5.74) is 2.83. The fourth-order valence-electron chi connectivity index (χ4n) is 6.38. The van der Waals surface area contributed by atoms with E-state index in [2.05, 4.69) is 20.3 Å². The van der Waals surface area contributed by atoms with Gasteiger partial charge in [0.05, 0.1) is 25.0 Å². The highest BCUT2D eigenvalue weighted by Gasteiger charge is 2.43. The first-order valence-corrected chi connectivity index (χ1v) is 18.7. The summed E-state index contributed by atoms with van der Waals surface area (Å²) >= 11 is 6.02. The highest BCUT2D eigenvalue weighted by Crippen LogP contribution is 2.26. The van der Waals surface area contributed by atoms with Crippen molar-refractivity contribution in [3.05, 3.63) is 64.5 Å². The van der Waals surface area contributed by atoms with Crippen LogP contribution in [0.4, 0.5) is 0 Å². The molecular weight excluding hydrogens is 658 g/mol. The Bertz CT molecular complexity index is 1710. The van der Waals surface area contributed by atoms with Gasteiger partial charge in [-0.05, 0) is 93.4 Å². The average Bonchev–Trinajstić information content (AvgIpc) is 3.69. The molecule has 0 saturated carbocycles. The maximum absolute atomic E-state index is 14.2. The summed E-state index contributed by atoms with van der Waals surface area (Å²) in [5.74, 6) is -1.26. The molecule has 5 rings (SSSR count). The molecule has 2 aliphatic heterocycles. The number of likely N-dealkylation sites (tertiary alicyclic amines) is 1. The number of aromatic nitrogens is 1. The van der Waals surface area contributed by atoms with Crippen molar-refractivity contribution < 1.29 is 32.0 Å². The van der Waals surface area contributed by atoms with Crippen molar-refractivity contribution in [2.75, 3.05) is 25.9 Å². The molecule has 0 radical (unpaired) electrons. The predicted octanol–water partition coefficient (Wildman–Crippen LogP) is 3.75. The van der Waals surface area contributed by atoms with Crippen molar-refractivity contribution in [3.8, 4) is 0 Å². The van der Waals surface area contributed by atoms with E-state index in [1.54, 1.807) is 31.2 Å². The fourth-order valence-corrected chi connectivity index (χ4v) is 7.24. The smallest absolute Gasteiger partial charge is 0.266 e. The lowest BCUT2D eigenvalue weighted by Gasteiger charge is -2.30. The number of halogens is 1. The van der Waals surface area contributed by atoms with Gasteiger partial charge in [-0.3, -0.25) is 14.4 Å². The van der Waals surface area contributed by atoms with Crippen molar-refractivity contribution in [1.29, 1.82) is 0 Å². The fraction of sp³-hybridized carbons (Fsp3) is 0.529. The van der Waals surface area contributed by atoms with Crippen LogP contribution in [-0.2, 0) is 31.0 Å². The number of nitrogens with zero attached hydrogens (tertiary/aromatic N) is 2. The van der Waals surface area contributed by atoms with E-state index in [0.717, 1.165) is 43.3 Å². The molecule has 3 N–H and O–H groups in total. The Labute approximate surface area is 286 Å². The number of hydrogen-bond acceptors (Lipinski definition) is 9. The molecule has 48 heavy (non-hydrogen) atoms. The monoisotopic (exact) mass is 701 g/mol. The number of piperidine rings is 1. The standard InChI is InChI=1S/C34H44ClN5O7S/c1-4-26(31(41)33-38-27-11-5-21(2)17-30(27)47-33)37-32(42)29-18-25(46-20-23-6-9-24(35)10-7-23)19-40(29)34(43)28(39-48(3,44)45)12-8-22-13-15-36-16-14-22/h5-7,9-11,17,22,25-26,28-29,36,39H,4,8,12-16,18-20H2,1-3H3,(H,37,42)/t25-,26+,28-,29+/m1/s1. The van der Waals surface area contributed by atoms with Gasteiger partial charge in [-0.15, -0.1) is 0 Å². The molecule has 3 aromatic rings. The molecule has 2 saturated heterocycles. The van der Waals surface area contributed by atoms with Gasteiger partial charge in [0, 0.05) is 18.0 Å². The number of oxazole rings is 1. The molecule has 2 aliphatic rings. The minimum atomic E-state index is -3.75. The number of aryl methyl sites for hydroxylation is 1. The Balaban J connectivity index is 1.34. The second kappa shape index (κ2) is 15.9. The maximum Gasteiger partial charge on any atom is 0.266 e. The van der Waals surface area contributed by atoms with E-state index < -0.39 is 51.9 Å². The number of Topliss-reactive ketones (excluding diaryl/α,β-unsaturated/α-hetero) is 1. The lowest BCUT2D eigenvalue weighted by molar-refractivity contribution is -0.140. The molecule has 12 nitrogen and oxygen atoms in total. The molecule has 0 unspecified atom stereocenters. The largest absolute Gasteiger partial charge is 0.434 e. The molecule has 260 valence electrons. The van der Waals surface area contributed by atoms with Gasteiger partial charge >= 0.3 is 0 Å². The van der Waals surface area contributed by atoms with Crippen LogP contribution in [0.25, 0.3) is 11.1 Å². The van der Waals surface area contributed by atoms with Crippen LogP contribution in [0.5, 0.6) is 0 Å². The molecule has 2 aromatic carbocycles. The molecule has 0 spiro atoms. The van der Waals surface area contributed by atoms with E-state index in [1.807, 2.05) is 25.1 Å². The van der Waals surface area contributed by atoms with Crippen molar-refractivity contribution >= 4 is 50.3 Å². The Morgan fingerprint density at radius 2 is 1.85 bits per heavy atom. The summed E-state index contributed by atoms with van der Waals surface area (Å²) in [5, 5.41) is 6.73. The Kier molecular flexibility index (Phi) is 11.9. The molecule has 3 heterocycles. The van der Waals surface area contributed by atoms with Crippen LogP contribution in [-0.4, -0.2) is 86.0 Å². The van der Waals surface area contributed by atoms with Gasteiger partial charge in [0.25, 0.3) is 5.89 Å². The third-order valence-electron chi connectivity index (χ3n) is 9.02. The Hall–Kier alpha value is -3.36. The Morgan fingerprint density at radius 3 is 2.54 bits per heavy atom. The van der Waals surface area contributed by atoms with E-state index in [-0.39, 0.29) is 31.9 Å². The molecule has 2 fully saturated rings. The van der Waals surface area contributed by atoms with Gasteiger partial charge in [0.15, 0.2) is 5.58 Å². The topological polar surface area (TPSA) is 160 Å². The SMILES string of the molecule is CC[C@H](NC(=O)[C@@H]1C[C@@H](OCc2ccc(Cl)cc2)CN1C(=O)[C@@H](CCC1CCNCC1)NS(C)(=O)=O)C(=O)c1nc2ccc(C)cc2o1. The summed E-state index contributed by atoms with van der Waals surface area (Å²) in [6.07, 6.45) is 3.78. The number of ether oxygens (including phenoxy) is 1. The third kappa shape index (κ3) is 9.41. The van der Waals surface area contributed by atoms with Gasteiger partial charge in [0.1, 0.15) is 17.6 Å². The van der Waals surface area contributed by atoms with Crippen molar-refractivity contribution in [1.82, 2.24) is 25.2 Å². The molecule has 0 aliphatic carbocycles. The van der Waals surface area contributed by atoms with E-state index in [9.17, 15) is 22.8 Å². The van der Waals surface area contributed by atoms with Gasteiger partial charge in [0.2, 0.25) is 27.6 Å². The van der Waals surface area contributed by atoms with Crippen LogP contribution in [0.1, 0.15) is 67.3 Å². The number of rotatable bonds is 14. The molecule has 1 aromatic heterocycles. The summed E-state index contributed by atoms with van der Waals surface area (Å²) in [6, 6.07) is 9.60. The second-order valence-electron chi connectivity index (χ2n) is 12.8. The van der Waals surface area contributed by atoms with Crippen LogP contribution in [0.2, 0.25) is 5.02 Å². The number of sulfonamides is 1. The maximum atomic E-state index is 14.2. The number of carbonyl (C=O) groups is 3. The van der Waals surface area contributed by atoms with Gasteiger partial charge < -0.3 is 24.7 Å². The summed E-state index contributed by atoms with van der Waals surface area (Å²) < 4.78 is 39.2. The first-order valence-electron chi connectivity index (χ1n) is 16.5. The predicted molar refractivity (Wildman–Crippen MR) is 182 cm³/mol. The van der Waals surface area contributed by atoms with Gasteiger partial charge in [-0.25, -0.2) is 18.1 Å². The van der Waals surface area contributed by atoms with Crippen LogP contribution < -0.4 is 15.4 Å². The van der Waals surface area contributed by atoms with Crippen molar-refractivity contribution in [2.45, 2.75) is 83.2 Å². The number of hydrogen-bond donors (Lipinski definition) is 3. The normalized spacial score (nSPS) is 20.1. The van der Waals surface area contributed by atoms with E-state index >= 15 is 0 Å². The third-order valence-corrected chi connectivity index (χ3v) is 9.98. The van der Waals surface area contributed by atoms with E-state index in [4.69, 9.17) is 20.8 Å². The number of fused-ring (bicyclic) bond motifs is 1. The lowest BCUT2D eigenvalue weighted by atomic mass is 9.91. The number of benzene rings is 2. The van der Waals surface area contributed by atoms with Gasteiger partial charge in [-0.1, -0.05) is 36.7 Å². The quantitative estimate of drug-likeness (QED) is 0.213. The zero-order chi connectivity index (χ0) is 34.4. The van der Waals surface area contributed by atoms with Gasteiger partial charge in [-0.2, -0.15) is 0 Å². The minimum absolute atomic E-state index is 0.0784. The molecule has 4 atom stereocenters. The van der Waals surface area contributed by atoms with E-state index in [1.165, 1.54) is 4.90 Å². The molecule has 14 heteroatoms. The zero-order valence-corrected chi connectivity index (χ0v) is 29.1. The summed E-state index contributed by atoms with van der Waals surface area (Å²) in [6.45, 7) is 5.73. The summed E-state index contributed by atoms with van der Waals surface area (Å²) in [4.78, 5) is 47.3. The number of nitrogens with one attached hydrogen (secondary N) is 3. The highest BCUT2D eigenvalue weighted by molar-refractivity contribution is 7.88. The van der Waals surface area contributed by atoms with Crippen molar-refractivity contribution in [3.63, 3.8) is 0 Å². The van der Waals surface area contributed by atoms with Crippen molar-refractivity contribution in [2.24, 2.45) is 5.92 Å². The van der Waals surface area contributed by atoms with Crippen LogP contribution >= 0.6 is 11.6 Å². The number of carbonyl (C=O) groups excluding carboxylic acids is 3. The Morgan fingerprint density at radius 1 is 1.12 bits per heavy atom. The first-order chi connectivity index (χ1) is 22.9. The van der Waals surface area contributed by atoms with E-state index in [0.29, 0.717) is 34.9 Å². The average molecular weight is 702 g/mol. The van der Waals surface area contributed by atoms with Crippen LogP contribution in [0, 0.1) is 12.8 Å². The summed E-state index contributed by atoms with van der Waals surface area (Å²) in [7, 11) is -3.75. The number of amides is 2.